The van der Waals surface area contributed by atoms with Crippen molar-refractivity contribution < 1.29 is 5.11 Å². The molecule has 0 aliphatic carbocycles. The minimum Gasteiger partial charge on any atom is -0.390 e. The van der Waals surface area contributed by atoms with Gasteiger partial charge in [0, 0.05) is 6.54 Å². The molecule has 1 aliphatic rings. The molecular formula is C11H13N3O. The summed E-state index contributed by atoms with van der Waals surface area (Å²) in [6.45, 7) is 1.99. The van der Waals surface area contributed by atoms with Crippen LogP contribution in [0.4, 0.5) is 0 Å². The molecule has 1 atom stereocenters. The molecule has 2 aromatic rings. The summed E-state index contributed by atoms with van der Waals surface area (Å²) in [6, 6.07) is 8.04. The number of aromatic nitrogens is 2. The number of aliphatic hydroxyl groups is 1. The molecule has 2 N–H and O–H groups in total. The van der Waals surface area contributed by atoms with Crippen molar-refractivity contribution in [1.82, 2.24) is 14.9 Å². The van der Waals surface area contributed by atoms with Crippen LogP contribution in [0, 0.1) is 0 Å². The van der Waals surface area contributed by atoms with Gasteiger partial charge in [0.05, 0.1) is 30.2 Å². The zero-order valence-corrected chi connectivity index (χ0v) is 8.35. The van der Waals surface area contributed by atoms with Crippen molar-refractivity contribution in [3.8, 4) is 0 Å². The van der Waals surface area contributed by atoms with E-state index < -0.39 is 0 Å². The van der Waals surface area contributed by atoms with Crippen LogP contribution in [-0.2, 0) is 13.1 Å². The zero-order chi connectivity index (χ0) is 10.3. The molecule has 15 heavy (non-hydrogen) atoms. The molecule has 0 spiro atoms. The van der Waals surface area contributed by atoms with Crippen LogP contribution in [0.2, 0.25) is 0 Å². The summed E-state index contributed by atoms with van der Waals surface area (Å²) in [5.41, 5.74) is 2.11. The van der Waals surface area contributed by atoms with E-state index in [9.17, 15) is 5.11 Å². The Kier molecular flexibility index (Phi) is 1.97. The van der Waals surface area contributed by atoms with Gasteiger partial charge < -0.3 is 15.0 Å². The number of imidazole rings is 1. The van der Waals surface area contributed by atoms with Crippen molar-refractivity contribution in [2.45, 2.75) is 19.2 Å². The maximum absolute atomic E-state index is 9.70. The lowest BCUT2D eigenvalue weighted by molar-refractivity contribution is 0.159. The van der Waals surface area contributed by atoms with Crippen molar-refractivity contribution in [2.75, 3.05) is 6.54 Å². The number of β-amino-alcohol motifs (C(OH)–C–C–N with tert-alkyl or cyclic N) is 1. The molecule has 78 valence electrons. The number of para-hydroxylation sites is 2. The maximum Gasteiger partial charge on any atom is 0.123 e. The van der Waals surface area contributed by atoms with Crippen molar-refractivity contribution in [1.29, 1.82) is 0 Å². The molecule has 1 aromatic heterocycles. The van der Waals surface area contributed by atoms with E-state index in [0.29, 0.717) is 13.1 Å². The standard InChI is InChI=1S/C11H13N3O/c15-8-5-12-6-11-13-9-3-1-2-4-10(9)14(11)7-8/h1-4,8,12,15H,5-7H2. The fraction of sp³-hybridized carbons (Fsp3) is 0.364. The van der Waals surface area contributed by atoms with Gasteiger partial charge in [-0.2, -0.15) is 0 Å². The lowest BCUT2D eigenvalue weighted by Gasteiger charge is -2.08. The topological polar surface area (TPSA) is 50.1 Å². The number of benzene rings is 1. The largest absolute Gasteiger partial charge is 0.390 e. The van der Waals surface area contributed by atoms with Gasteiger partial charge in [-0.15, -0.1) is 0 Å². The third-order valence-electron chi connectivity index (χ3n) is 2.79. The van der Waals surface area contributed by atoms with Crippen LogP contribution in [0.5, 0.6) is 0 Å². The Bertz CT molecular complexity index is 492. The smallest absolute Gasteiger partial charge is 0.123 e. The van der Waals surface area contributed by atoms with Gasteiger partial charge in [-0.25, -0.2) is 4.98 Å². The highest BCUT2D eigenvalue weighted by atomic mass is 16.3. The number of aliphatic hydroxyl groups excluding tert-OH is 1. The summed E-state index contributed by atoms with van der Waals surface area (Å²) in [7, 11) is 0. The molecule has 1 aromatic carbocycles. The predicted octanol–water partition coefficient (Wildman–Crippen LogP) is 0.500. The van der Waals surface area contributed by atoms with Gasteiger partial charge in [-0.05, 0) is 12.1 Å². The van der Waals surface area contributed by atoms with Gasteiger partial charge in [0.15, 0.2) is 0 Å². The average Bonchev–Trinajstić information content (AvgIpc) is 2.47. The summed E-state index contributed by atoms with van der Waals surface area (Å²) in [5, 5.41) is 12.9. The van der Waals surface area contributed by atoms with Crippen molar-refractivity contribution in [3.05, 3.63) is 30.1 Å². The minimum atomic E-state index is -0.330. The van der Waals surface area contributed by atoms with Crippen LogP contribution in [0.1, 0.15) is 5.82 Å². The summed E-state index contributed by atoms with van der Waals surface area (Å²) < 4.78 is 2.10. The Morgan fingerprint density at radius 3 is 3.20 bits per heavy atom. The summed E-state index contributed by atoms with van der Waals surface area (Å²) in [5.74, 6) is 1.01. The first-order chi connectivity index (χ1) is 7.34. The second kappa shape index (κ2) is 3.32. The van der Waals surface area contributed by atoms with Gasteiger partial charge in [-0.3, -0.25) is 0 Å². The average molecular weight is 203 g/mol. The summed E-state index contributed by atoms with van der Waals surface area (Å²) in [4.78, 5) is 4.54. The Hall–Kier alpha value is -1.39. The number of hydrogen-bond acceptors (Lipinski definition) is 3. The Labute approximate surface area is 87.5 Å². The fourth-order valence-corrected chi connectivity index (χ4v) is 2.09. The van der Waals surface area contributed by atoms with E-state index >= 15 is 0 Å². The molecule has 1 aliphatic heterocycles. The molecule has 4 nitrogen and oxygen atoms in total. The zero-order valence-electron chi connectivity index (χ0n) is 8.35. The number of hydrogen-bond donors (Lipinski definition) is 2. The Morgan fingerprint density at radius 1 is 1.40 bits per heavy atom. The quantitative estimate of drug-likeness (QED) is 0.655. The molecular weight excluding hydrogens is 190 g/mol. The first-order valence-corrected chi connectivity index (χ1v) is 5.17. The van der Waals surface area contributed by atoms with Crippen molar-refractivity contribution in [2.24, 2.45) is 0 Å². The van der Waals surface area contributed by atoms with Crippen LogP contribution < -0.4 is 5.32 Å². The molecule has 0 radical (unpaired) electrons. The van der Waals surface area contributed by atoms with Crippen molar-refractivity contribution >= 4 is 11.0 Å². The summed E-state index contributed by atoms with van der Waals surface area (Å²) >= 11 is 0. The van der Waals surface area contributed by atoms with E-state index in [1.54, 1.807) is 0 Å². The minimum absolute atomic E-state index is 0.330. The lowest BCUT2D eigenvalue weighted by Crippen LogP contribution is -2.25. The molecule has 2 heterocycles. The third-order valence-corrected chi connectivity index (χ3v) is 2.79. The molecule has 0 fully saturated rings. The number of nitrogens with one attached hydrogen (secondary N) is 1. The van der Waals surface area contributed by atoms with E-state index in [4.69, 9.17) is 0 Å². The van der Waals surface area contributed by atoms with Gasteiger partial charge in [0.25, 0.3) is 0 Å². The van der Waals surface area contributed by atoms with Gasteiger partial charge in [-0.1, -0.05) is 12.1 Å². The number of nitrogens with zero attached hydrogens (tertiary/aromatic N) is 2. The molecule has 0 saturated carbocycles. The van der Waals surface area contributed by atoms with Crippen LogP contribution in [0.25, 0.3) is 11.0 Å². The second-order valence-corrected chi connectivity index (χ2v) is 3.91. The van der Waals surface area contributed by atoms with Gasteiger partial charge in [0.2, 0.25) is 0 Å². The van der Waals surface area contributed by atoms with E-state index in [-0.39, 0.29) is 6.10 Å². The van der Waals surface area contributed by atoms with Crippen LogP contribution >= 0.6 is 0 Å². The lowest BCUT2D eigenvalue weighted by atomic mass is 10.3. The predicted molar refractivity (Wildman–Crippen MR) is 57.4 cm³/mol. The molecule has 0 bridgehead atoms. The first-order valence-electron chi connectivity index (χ1n) is 5.17. The molecule has 3 rings (SSSR count). The Morgan fingerprint density at radius 2 is 2.27 bits per heavy atom. The van der Waals surface area contributed by atoms with Gasteiger partial charge >= 0.3 is 0 Å². The van der Waals surface area contributed by atoms with E-state index in [1.807, 2.05) is 24.3 Å². The van der Waals surface area contributed by atoms with Crippen LogP contribution in [0.15, 0.2) is 24.3 Å². The highest BCUT2D eigenvalue weighted by molar-refractivity contribution is 5.75. The second-order valence-electron chi connectivity index (χ2n) is 3.91. The van der Waals surface area contributed by atoms with E-state index in [1.165, 1.54) is 0 Å². The SMILES string of the molecule is OC1CNCc2nc3ccccc3n2C1. The van der Waals surface area contributed by atoms with E-state index in [0.717, 1.165) is 23.4 Å². The molecule has 0 amide bonds. The monoisotopic (exact) mass is 203 g/mol. The van der Waals surface area contributed by atoms with E-state index in [2.05, 4.69) is 14.9 Å². The summed E-state index contributed by atoms with van der Waals surface area (Å²) in [6.07, 6.45) is -0.330. The van der Waals surface area contributed by atoms with Crippen LogP contribution in [0.3, 0.4) is 0 Å². The number of fused-ring (bicyclic) bond motifs is 3. The molecule has 1 unspecified atom stereocenters. The number of rotatable bonds is 0. The fourth-order valence-electron chi connectivity index (χ4n) is 2.09. The van der Waals surface area contributed by atoms with Gasteiger partial charge in [0.1, 0.15) is 5.82 Å². The van der Waals surface area contributed by atoms with Crippen LogP contribution in [-0.4, -0.2) is 27.3 Å². The Balaban J connectivity index is 2.20. The third kappa shape index (κ3) is 1.42. The normalized spacial score (nSPS) is 21.3. The maximum atomic E-state index is 9.70. The molecule has 4 heteroatoms. The highest BCUT2D eigenvalue weighted by Gasteiger charge is 2.16. The molecule has 0 saturated heterocycles. The first kappa shape index (κ1) is 8.88. The van der Waals surface area contributed by atoms with Crippen molar-refractivity contribution in [3.63, 3.8) is 0 Å². The highest BCUT2D eigenvalue weighted by Crippen LogP contribution is 2.17.